The molecule has 8 aromatic rings. The van der Waals surface area contributed by atoms with Crippen molar-refractivity contribution in [1.82, 2.24) is 39.0 Å². The molecule has 21 heteroatoms. The van der Waals surface area contributed by atoms with Gasteiger partial charge in [0, 0.05) is 128 Å². The quantitative estimate of drug-likeness (QED) is 0.0775. The van der Waals surface area contributed by atoms with Gasteiger partial charge in [-0.15, -0.1) is 18.2 Å². The Kier molecular flexibility index (Phi) is 34.3. The average Bonchev–Trinajstić information content (AvgIpc) is 3.43. The van der Waals surface area contributed by atoms with E-state index in [1.807, 2.05) is 92.0 Å². The van der Waals surface area contributed by atoms with E-state index in [0.29, 0.717) is 37.2 Å². The highest BCUT2D eigenvalue weighted by Gasteiger charge is 2.06. The molecule has 69 heavy (non-hydrogen) atoms. The van der Waals surface area contributed by atoms with Gasteiger partial charge in [0.15, 0.2) is 5.65 Å². The zero-order valence-electron chi connectivity index (χ0n) is 45.0. The van der Waals surface area contributed by atoms with Crippen molar-refractivity contribution in [1.29, 1.82) is 0 Å². The third kappa shape index (κ3) is 22.7. The van der Waals surface area contributed by atoms with Crippen LogP contribution in [0.4, 0.5) is 0 Å². The molecule has 7 radical (unpaired) electrons. The smallest absolute Gasteiger partial charge is 0.253 e. The fraction of sp³-hybridized carbons (Fsp3) is 0.250. The van der Waals surface area contributed by atoms with Crippen molar-refractivity contribution in [2.24, 2.45) is 14.1 Å². The Bertz CT molecular complexity index is 3080. The van der Waals surface area contributed by atoms with Crippen LogP contribution in [0.15, 0.2) is 117 Å². The Labute approximate surface area is 443 Å². The van der Waals surface area contributed by atoms with Crippen LogP contribution in [0.3, 0.4) is 0 Å². The van der Waals surface area contributed by atoms with Gasteiger partial charge in [0.2, 0.25) is 0 Å². The van der Waals surface area contributed by atoms with Gasteiger partial charge in [0.05, 0.1) is 15.1 Å². The van der Waals surface area contributed by atoms with E-state index in [1.54, 1.807) is 92.5 Å². The number of aryl methyl sites for hydroxylation is 2. The van der Waals surface area contributed by atoms with Crippen LogP contribution in [0.25, 0.3) is 44.1 Å². The summed E-state index contributed by atoms with van der Waals surface area (Å²) in [5.74, 6) is 7.08. The average molecular weight is 1030 g/mol. The molecule has 0 saturated heterocycles. The first-order valence-electron chi connectivity index (χ1n) is 23.4. The first kappa shape index (κ1) is 61.6. The summed E-state index contributed by atoms with van der Waals surface area (Å²) in [6, 6.07) is 20.7. The van der Waals surface area contributed by atoms with Gasteiger partial charge in [-0.05, 0) is 79.6 Å². The van der Waals surface area contributed by atoms with E-state index in [-0.39, 0.29) is 18.1 Å². The largest absolute Gasteiger partial charge is 0.306 e. The highest BCUT2D eigenvalue weighted by molar-refractivity contribution is 7.98. The number of terminal acetylenes is 1. The highest BCUT2D eigenvalue weighted by atomic mass is 35.5. The standard InChI is InChI=1S/C10H10N2OS.C9H7ClN2O.C8H4Cl2N2.C8H5ClN2O.C5H4.4C2H6.B5.3H2/c1-12-9(13)6-8(14-2)7-4-3-5-11-10(7)12;1-12-8(13)5-7(10)6-3-2-4-11-9(6)12;9-6-4-7(10)12-8-5(6)2-1-3-11-8;9-6-4-7(12)11-8-5(6)2-1-3-10-8;1-3-5-4-2;4*1-2;1-4-5(2)3;;;/h3-6H,1-2H3;2-5H,1H3;1-4H;1-4H,(H,10,11,12);1H,2H3;4*1-2H3;;3*1H/i;;;;;;;;;;2*1+1D;1+1. The summed E-state index contributed by atoms with van der Waals surface area (Å²) < 4.78 is 23.0. The number of halogens is 4. The lowest BCUT2D eigenvalue weighted by Gasteiger charge is -2.06. The molecule has 1 N–H and O–H groups in total. The van der Waals surface area contributed by atoms with Gasteiger partial charge in [-0.25, -0.2) is 24.9 Å². The number of H-pyrrole nitrogens is 1. The summed E-state index contributed by atoms with van der Waals surface area (Å²) in [5, 5.41) is 5.24. The van der Waals surface area contributed by atoms with E-state index in [2.05, 4.69) is 47.7 Å². The number of pyridine rings is 8. The van der Waals surface area contributed by atoms with Crippen molar-refractivity contribution in [2.75, 3.05) is 6.26 Å². The van der Waals surface area contributed by atoms with Crippen molar-refractivity contribution in [3.8, 4) is 24.2 Å². The number of hydrogen-bond acceptors (Lipinski definition) is 9. The van der Waals surface area contributed by atoms with Crippen LogP contribution in [0.5, 0.6) is 0 Å². The van der Waals surface area contributed by atoms with Crippen LogP contribution in [0, 0.1) is 24.2 Å². The second-order valence-electron chi connectivity index (χ2n) is 11.7. The first-order valence-corrected chi connectivity index (χ1v) is 24.1. The molecule has 8 heterocycles. The van der Waals surface area contributed by atoms with Crippen molar-refractivity contribution in [3.63, 3.8) is 0 Å². The van der Waals surface area contributed by atoms with Crippen LogP contribution < -0.4 is 16.7 Å². The Hall–Kier alpha value is -5.41. The van der Waals surface area contributed by atoms with Crippen LogP contribution >= 0.6 is 58.2 Å². The highest BCUT2D eigenvalue weighted by Crippen LogP contribution is 2.24. The van der Waals surface area contributed by atoms with E-state index in [9.17, 15) is 14.4 Å². The maximum absolute atomic E-state index is 11.5. The van der Waals surface area contributed by atoms with Gasteiger partial charge in [0.1, 0.15) is 22.1 Å². The summed E-state index contributed by atoms with van der Waals surface area (Å²) >= 11 is 24.8. The normalized spacial score (nSPS) is 9.09. The molecule has 0 fully saturated rings. The predicted octanol–water partition coefficient (Wildman–Crippen LogP) is 11.3. The lowest BCUT2D eigenvalue weighted by molar-refractivity contribution is 0.880. The Morgan fingerprint density at radius 3 is 1.62 bits per heavy atom. The number of thioether (sulfide) groups is 1. The topological polar surface area (TPSA) is 141 Å². The zero-order chi connectivity index (χ0) is 57.1. The van der Waals surface area contributed by atoms with E-state index in [1.165, 1.54) is 23.8 Å². The fourth-order valence-electron chi connectivity index (χ4n) is 4.76. The molecule has 0 aliphatic rings. The first-order chi connectivity index (χ1) is 35.2. The molecule has 0 atom stereocenters. The number of aromatic amines is 1. The third-order valence-electron chi connectivity index (χ3n) is 7.60. The molecule has 0 aliphatic heterocycles. The lowest BCUT2D eigenvalue weighted by Crippen LogP contribution is -2.23. The van der Waals surface area contributed by atoms with Gasteiger partial charge in [0.25, 0.3) is 16.7 Å². The minimum Gasteiger partial charge on any atom is -0.306 e. The molecule has 8 aromatic heterocycles. The Balaban J connectivity index is -0.000000253. The second kappa shape index (κ2) is 38.4. The molecule has 0 aromatic carbocycles. The monoisotopic (exact) mass is 1030 g/mol. The fourth-order valence-corrected chi connectivity index (χ4v) is 6.34. The third-order valence-corrected chi connectivity index (χ3v) is 9.51. The Morgan fingerprint density at radius 1 is 0.696 bits per heavy atom. The van der Waals surface area contributed by atoms with Gasteiger partial charge in [-0.3, -0.25) is 23.5 Å². The van der Waals surface area contributed by atoms with Crippen molar-refractivity contribution in [3.05, 3.63) is 149 Å². The molecule has 0 aliphatic carbocycles. The predicted molar refractivity (Wildman–Crippen MR) is 310 cm³/mol. The summed E-state index contributed by atoms with van der Waals surface area (Å²) in [6.45, 7) is 17.7. The van der Waals surface area contributed by atoms with Crippen molar-refractivity contribution in [2.45, 2.75) is 67.2 Å². The molecule has 11 nitrogen and oxygen atoms in total. The number of hydrogen-bond donors (Lipinski definition) is 1. The van der Waals surface area contributed by atoms with Crippen LogP contribution in [-0.2, 0) is 14.1 Å². The van der Waals surface area contributed by atoms with Crippen molar-refractivity contribution < 1.29 is 7.37 Å². The number of nitrogens with zero attached hydrogens (tertiary/aromatic N) is 7. The zero-order valence-corrected chi connectivity index (χ0v) is 44.8. The van der Waals surface area contributed by atoms with E-state index < -0.39 is 6.39 Å². The van der Waals surface area contributed by atoms with Crippen LogP contribution in [0.2, 0.25) is 20.2 Å². The van der Waals surface area contributed by atoms with Gasteiger partial charge in [-0.1, -0.05) is 108 Å². The summed E-state index contributed by atoms with van der Waals surface area (Å²) in [5.41, 5.74) is 2.07. The lowest BCUT2D eigenvalue weighted by atomic mass is 8.97. The van der Waals surface area contributed by atoms with Gasteiger partial charge < -0.3 is 4.98 Å². The maximum atomic E-state index is 11.5. The van der Waals surface area contributed by atoms with Crippen molar-refractivity contribution >= 4 is 139 Å². The van der Waals surface area contributed by atoms with Crippen LogP contribution in [-0.4, -0.2) is 82.0 Å². The molecule has 0 saturated carbocycles. The molecule has 8 rings (SSSR count). The van der Waals surface area contributed by atoms with E-state index in [4.69, 9.17) is 82.0 Å². The SMILES string of the molecule is C#CC#CC.CC.CC.CC.CC.CSc1cc(=O)n(C)c2ncccc12.Clc1cc(Cl)c2cccnc2n1.Cn1c(=O)cc(Cl)c2cccnc21.O=c1cc(Cl)c2cccnc2[nH]1.[2HH].[2H][2H].[2H][2H].[B][B]B([B])[B]. The molecule has 359 valence electrons. The van der Waals surface area contributed by atoms with E-state index >= 15 is 0 Å². The Morgan fingerprint density at radius 2 is 1.13 bits per heavy atom. The van der Waals surface area contributed by atoms with E-state index in [0.717, 1.165) is 32.1 Å². The summed E-state index contributed by atoms with van der Waals surface area (Å²) in [7, 11) is 19.2. The summed E-state index contributed by atoms with van der Waals surface area (Å²) in [4.78, 5) is 57.6. The minimum absolute atomic E-state index is 0. The minimum atomic E-state index is -0.463. The maximum Gasteiger partial charge on any atom is 0.253 e. The molecular formula is C48H60B5Cl4N8O3S. The molecule has 0 unspecified atom stereocenters. The molecule has 0 spiro atoms. The molecule has 0 amide bonds. The summed E-state index contributed by atoms with van der Waals surface area (Å²) in [6.07, 6.45) is 12.8. The number of rotatable bonds is 2. The molecular weight excluding hydrogens is 965 g/mol. The number of nitrogens with one attached hydrogen (secondary N) is 1. The van der Waals surface area contributed by atoms with Gasteiger partial charge in [-0.2, -0.15) is 0 Å². The molecule has 0 bridgehead atoms. The number of aromatic nitrogens is 8. The van der Waals surface area contributed by atoms with Crippen LogP contribution in [0.1, 0.15) is 69.7 Å². The number of fused-ring (bicyclic) bond motifs is 4. The second-order valence-corrected chi connectivity index (χ2v) is 14.2. The van der Waals surface area contributed by atoms with Gasteiger partial charge >= 0.3 is 0 Å².